The van der Waals surface area contributed by atoms with Crippen molar-refractivity contribution in [1.29, 1.82) is 0 Å². The first kappa shape index (κ1) is 18.6. The van der Waals surface area contributed by atoms with Gasteiger partial charge in [-0.15, -0.1) is 0 Å². The van der Waals surface area contributed by atoms with E-state index < -0.39 is 21.7 Å². The van der Waals surface area contributed by atoms with Gasteiger partial charge in [0.15, 0.2) is 0 Å². The van der Waals surface area contributed by atoms with E-state index >= 15 is 0 Å². The summed E-state index contributed by atoms with van der Waals surface area (Å²) in [6.45, 7) is 0. The number of rotatable bonds is 5. The summed E-state index contributed by atoms with van der Waals surface area (Å²) in [6.07, 6.45) is 0. The number of halogens is 1. The zero-order chi connectivity index (χ0) is 19.4. The number of para-hydroxylation sites is 2. The van der Waals surface area contributed by atoms with Gasteiger partial charge in [0.05, 0.1) is 16.3 Å². The molecule has 138 valence electrons. The van der Waals surface area contributed by atoms with Gasteiger partial charge in [0.2, 0.25) is 0 Å². The van der Waals surface area contributed by atoms with Crippen LogP contribution in [0.1, 0.15) is 10.4 Å². The maximum Gasteiger partial charge on any atom is 0.264 e. The van der Waals surface area contributed by atoms with Gasteiger partial charge in [-0.1, -0.05) is 36.4 Å². The van der Waals surface area contributed by atoms with E-state index in [0.29, 0.717) is 5.69 Å². The first-order valence-corrected chi connectivity index (χ1v) is 9.53. The molecule has 0 atom stereocenters. The molecule has 0 saturated carbocycles. The molecule has 7 heteroatoms. The number of hydrogen-bond acceptors (Lipinski definition) is 3. The molecular weight excluding hydrogens is 367 g/mol. The molecule has 3 aromatic rings. The fourth-order valence-corrected chi connectivity index (χ4v) is 3.73. The van der Waals surface area contributed by atoms with Crippen molar-refractivity contribution in [2.75, 3.05) is 16.7 Å². The highest BCUT2D eigenvalue weighted by Gasteiger charge is 2.22. The molecule has 0 heterocycles. The van der Waals surface area contributed by atoms with Gasteiger partial charge in [0.1, 0.15) is 5.82 Å². The molecule has 5 nitrogen and oxygen atoms in total. The summed E-state index contributed by atoms with van der Waals surface area (Å²) in [4.78, 5) is 12.4. The highest BCUT2D eigenvalue weighted by atomic mass is 32.2. The molecule has 27 heavy (non-hydrogen) atoms. The van der Waals surface area contributed by atoms with Crippen molar-refractivity contribution in [3.05, 3.63) is 90.2 Å². The molecule has 0 saturated heterocycles. The van der Waals surface area contributed by atoms with Crippen LogP contribution in [0.5, 0.6) is 0 Å². The monoisotopic (exact) mass is 384 g/mol. The number of benzene rings is 3. The third kappa shape index (κ3) is 3.98. The quantitative estimate of drug-likeness (QED) is 0.725. The molecule has 3 aromatic carbocycles. The average Bonchev–Trinajstić information content (AvgIpc) is 2.70. The Labute approximate surface area is 157 Å². The van der Waals surface area contributed by atoms with Crippen LogP contribution in [-0.2, 0) is 10.0 Å². The molecule has 0 unspecified atom stereocenters. The molecule has 0 spiro atoms. The van der Waals surface area contributed by atoms with Crippen molar-refractivity contribution in [1.82, 2.24) is 0 Å². The van der Waals surface area contributed by atoms with E-state index in [4.69, 9.17) is 0 Å². The first-order valence-electron chi connectivity index (χ1n) is 8.09. The molecule has 3 rings (SSSR count). The SMILES string of the molecule is CN(c1ccccc1)S(=O)(=O)c1cccc(C(=O)Nc2ccccc2F)c1. The van der Waals surface area contributed by atoms with E-state index in [1.807, 2.05) is 0 Å². The van der Waals surface area contributed by atoms with Gasteiger partial charge in [-0.25, -0.2) is 12.8 Å². The van der Waals surface area contributed by atoms with Crippen molar-refractivity contribution in [3.63, 3.8) is 0 Å². The number of sulfonamides is 1. The zero-order valence-corrected chi connectivity index (χ0v) is 15.3. The number of amides is 1. The van der Waals surface area contributed by atoms with E-state index in [1.165, 1.54) is 49.5 Å². The molecule has 1 amide bonds. The highest BCUT2D eigenvalue weighted by Crippen LogP contribution is 2.23. The molecule has 0 radical (unpaired) electrons. The number of nitrogens with zero attached hydrogens (tertiary/aromatic N) is 1. The molecule has 0 aliphatic rings. The molecule has 0 aliphatic heterocycles. The lowest BCUT2D eigenvalue weighted by Crippen LogP contribution is -2.26. The number of carbonyl (C=O) groups excluding carboxylic acids is 1. The maximum absolute atomic E-state index is 13.7. The summed E-state index contributed by atoms with van der Waals surface area (Å²) >= 11 is 0. The topological polar surface area (TPSA) is 66.5 Å². The van der Waals surface area contributed by atoms with Crippen LogP contribution in [-0.4, -0.2) is 21.4 Å². The molecule has 0 aliphatic carbocycles. The summed E-state index contributed by atoms with van der Waals surface area (Å²) in [7, 11) is -2.41. The van der Waals surface area contributed by atoms with Crippen molar-refractivity contribution < 1.29 is 17.6 Å². The van der Waals surface area contributed by atoms with Crippen molar-refractivity contribution in [2.24, 2.45) is 0 Å². The van der Waals surface area contributed by atoms with Gasteiger partial charge < -0.3 is 5.32 Å². The van der Waals surface area contributed by atoms with Crippen molar-refractivity contribution in [3.8, 4) is 0 Å². The van der Waals surface area contributed by atoms with Crippen LogP contribution in [0.2, 0.25) is 0 Å². The Balaban J connectivity index is 1.89. The Hall–Kier alpha value is -3.19. The minimum absolute atomic E-state index is 0.0252. The largest absolute Gasteiger partial charge is 0.319 e. The van der Waals surface area contributed by atoms with E-state index in [2.05, 4.69) is 5.32 Å². The predicted molar refractivity (Wildman–Crippen MR) is 103 cm³/mol. The Bertz CT molecular complexity index is 1070. The first-order chi connectivity index (χ1) is 12.9. The van der Waals surface area contributed by atoms with Gasteiger partial charge in [0.25, 0.3) is 15.9 Å². The van der Waals surface area contributed by atoms with Gasteiger partial charge in [-0.05, 0) is 42.5 Å². The van der Waals surface area contributed by atoms with Gasteiger partial charge in [-0.3, -0.25) is 9.10 Å². The smallest absolute Gasteiger partial charge is 0.264 e. The maximum atomic E-state index is 13.7. The number of anilines is 2. The van der Waals surface area contributed by atoms with Crippen molar-refractivity contribution in [2.45, 2.75) is 4.90 Å². The molecule has 0 fully saturated rings. The highest BCUT2D eigenvalue weighted by molar-refractivity contribution is 7.92. The second-order valence-electron chi connectivity index (χ2n) is 5.77. The Morgan fingerprint density at radius 2 is 1.59 bits per heavy atom. The average molecular weight is 384 g/mol. The molecular formula is C20H17FN2O3S. The van der Waals surface area contributed by atoms with Crippen LogP contribution in [0.15, 0.2) is 83.8 Å². The van der Waals surface area contributed by atoms with Crippen LogP contribution in [0.3, 0.4) is 0 Å². The second-order valence-corrected chi connectivity index (χ2v) is 7.74. The van der Waals surface area contributed by atoms with E-state index in [0.717, 1.165) is 4.31 Å². The lowest BCUT2D eigenvalue weighted by atomic mass is 10.2. The van der Waals surface area contributed by atoms with Crippen LogP contribution < -0.4 is 9.62 Å². The van der Waals surface area contributed by atoms with Gasteiger partial charge >= 0.3 is 0 Å². The zero-order valence-electron chi connectivity index (χ0n) is 14.5. The van der Waals surface area contributed by atoms with E-state index in [-0.39, 0.29) is 16.1 Å². The van der Waals surface area contributed by atoms with Crippen molar-refractivity contribution >= 4 is 27.3 Å². The Morgan fingerprint density at radius 1 is 0.926 bits per heavy atom. The lowest BCUT2D eigenvalue weighted by Gasteiger charge is -2.19. The van der Waals surface area contributed by atoms with E-state index in [1.54, 1.807) is 36.4 Å². The van der Waals surface area contributed by atoms with Crippen LogP contribution in [0.4, 0.5) is 15.8 Å². The normalized spacial score (nSPS) is 11.0. The summed E-state index contributed by atoms with van der Waals surface area (Å²) in [5.41, 5.74) is 0.636. The fourth-order valence-electron chi connectivity index (χ4n) is 2.49. The summed E-state index contributed by atoms with van der Waals surface area (Å²) in [6, 6.07) is 20.0. The van der Waals surface area contributed by atoms with Crippen LogP contribution in [0.25, 0.3) is 0 Å². The Morgan fingerprint density at radius 3 is 2.30 bits per heavy atom. The number of nitrogens with one attached hydrogen (secondary N) is 1. The third-order valence-corrected chi connectivity index (χ3v) is 5.78. The molecule has 1 N–H and O–H groups in total. The van der Waals surface area contributed by atoms with Gasteiger partial charge in [-0.2, -0.15) is 0 Å². The molecule has 0 aromatic heterocycles. The second kappa shape index (κ2) is 7.59. The summed E-state index contributed by atoms with van der Waals surface area (Å²) < 4.78 is 40.6. The fraction of sp³-hybridized carbons (Fsp3) is 0.0500. The summed E-state index contributed by atoms with van der Waals surface area (Å²) in [5.74, 6) is -1.17. The lowest BCUT2D eigenvalue weighted by molar-refractivity contribution is 0.102. The third-order valence-electron chi connectivity index (χ3n) is 4.00. The van der Waals surface area contributed by atoms with E-state index in [9.17, 15) is 17.6 Å². The summed E-state index contributed by atoms with van der Waals surface area (Å²) in [5, 5.41) is 2.44. The minimum atomic E-state index is -3.85. The standard InChI is InChI=1S/C20H17FN2O3S/c1-23(16-9-3-2-4-10-16)27(25,26)17-11-7-8-15(14-17)20(24)22-19-13-6-5-12-18(19)21/h2-14H,1H3,(H,22,24). The number of hydrogen-bond donors (Lipinski definition) is 1. The minimum Gasteiger partial charge on any atom is -0.319 e. The van der Waals surface area contributed by atoms with Crippen LogP contribution >= 0.6 is 0 Å². The van der Waals surface area contributed by atoms with Crippen LogP contribution in [0, 0.1) is 5.82 Å². The Kier molecular flexibility index (Phi) is 5.23. The molecule has 0 bridgehead atoms. The number of carbonyl (C=O) groups is 1. The predicted octanol–water partition coefficient (Wildman–Crippen LogP) is 3.90. The van der Waals surface area contributed by atoms with Gasteiger partial charge in [0, 0.05) is 12.6 Å².